The molecule has 1 aliphatic heterocycles. The fraction of sp³-hybridized carbons (Fsp3) is 0.389. The lowest BCUT2D eigenvalue weighted by atomic mass is 9.99. The number of carbonyl (C=O) groups is 1. The Morgan fingerprint density at radius 3 is 3.00 bits per heavy atom. The van der Waals surface area contributed by atoms with Crippen molar-refractivity contribution < 1.29 is 18.7 Å². The molecule has 1 fully saturated rings. The van der Waals surface area contributed by atoms with Crippen LogP contribution >= 0.6 is 0 Å². The summed E-state index contributed by atoms with van der Waals surface area (Å²) < 4.78 is 24.6. The number of H-pyrrole nitrogens is 2. The third-order valence-electron chi connectivity index (χ3n) is 4.56. The van der Waals surface area contributed by atoms with Crippen molar-refractivity contribution in [3.8, 4) is 17.3 Å². The van der Waals surface area contributed by atoms with Crippen molar-refractivity contribution in [2.24, 2.45) is 5.92 Å². The molecule has 0 radical (unpaired) electrons. The Hall–Kier alpha value is -2.94. The number of imidazole rings is 1. The van der Waals surface area contributed by atoms with Gasteiger partial charge in [-0.2, -0.15) is 5.10 Å². The molecule has 0 saturated carbocycles. The number of nitrogens with zero attached hydrogens (tertiary/aromatic N) is 2. The maximum Gasteiger partial charge on any atom is 0.227 e. The molecule has 3 aromatic rings. The van der Waals surface area contributed by atoms with Gasteiger partial charge in [0.15, 0.2) is 17.4 Å². The number of anilines is 1. The number of nitrogens with one attached hydrogen (secondary N) is 3. The summed E-state index contributed by atoms with van der Waals surface area (Å²) >= 11 is 0. The highest BCUT2D eigenvalue weighted by Gasteiger charge is 2.23. The minimum atomic E-state index is -0.461. The van der Waals surface area contributed by atoms with Crippen LogP contribution in [-0.2, 0) is 9.53 Å². The molecule has 4 rings (SSSR count). The van der Waals surface area contributed by atoms with Crippen LogP contribution in [0.25, 0.3) is 22.6 Å². The molecule has 142 valence electrons. The van der Waals surface area contributed by atoms with Crippen LogP contribution in [0.2, 0.25) is 0 Å². The molecule has 9 heteroatoms. The van der Waals surface area contributed by atoms with Crippen LogP contribution in [0.5, 0.6) is 5.75 Å². The van der Waals surface area contributed by atoms with Crippen LogP contribution in [0.3, 0.4) is 0 Å². The van der Waals surface area contributed by atoms with E-state index >= 15 is 0 Å². The van der Waals surface area contributed by atoms with Crippen LogP contribution in [0.15, 0.2) is 18.3 Å². The van der Waals surface area contributed by atoms with E-state index in [0.717, 1.165) is 0 Å². The molecular formula is C18H20FN5O3. The first-order valence-corrected chi connectivity index (χ1v) is 8.90. The number of benzene rings is 1. The van der Waals surface area contributed by atoms with Gasteiger partial charge in [0.1, 0.15) is 5.69 Å². The second kappa shape index (κ2) is 7.36. The van der Waals surface area contributed by atoms with Gasteiger partial charge >= 0.3 is 0 Å². The Bertz CT molecular complexity index is 961. The van der Waals surface area contributed by atoms with Gasteiger partial charge < -0.3 is 19.8 Å². The van der Waals surface area contributed by atoms with Gasteiger partial charge in [-0.3, -0.25) is 9.89 Å². The van der Waals surface area contributed by atoms with Gasteiger partial charge in [-0.05, 0) is 19.8 Å². The summed E-state index contributed by atoms with van der Waals surface area (Å²) in [5.74, 6) is -0.00232. The molecule has 27 heavy (non-hydrogen) atoms. The number of rotatable bonds is 5. The van der Waals surface area contributed by atoms with Gasteiger partial charge in [-0.15, -0.1) is 0 Å². The summed E-state index contributed by atoms with van der Waals surface area (Å²) in [6.45, 7) is 3.33. The first kappa shape index (κ1) is 17.5. The number of aromatic nitrogens is 4. The average molecular weight is 373 g/mol. The monoisotopic (exact) mass is 373 g/mol. The number of aromatic amines is 2. The summed E-state index contributed by atoms with van der Waals surface area (Å²) in [5, 5.41) is 9.74. The first-order chi connectivity index (χ1) is 13.2. The lowest BCUT2D eigenvalue weighted by Crippen LogP contribution is -2.28. The maximum absolute atomic E-state index is 14.1. The number of carbonyl (C=O) groups excluding carboxylic acids is 1. The zero-order valence-corrected chi connectivity index (χ0v) is 14.8. The van der Waals surface area contributed by atoms with Crippen LogP contribution in [0.4, 0.5) is 10.1 Å². The summed E-state index contributed by atoms with van der Waals surface area (Å²) in [5.41, 5.74) is 2.15. The van der Waals surface area contributed by atoms with Gasteiger partial charge in [-0.25, -0.2) is 9.37 Å². The third kappa shape index (κ3) is 3.50. The second-order valence-electron chi connectivity index (χ2n) is 6.35. The van der Waals surface area contributed by atoms with Crippen LogP contribution < -0.4 is 10.1 Å². The number of ether oxygens (including phenoxy) is 2. The van der Waals surface area contributed by atoms with E-state index in [1.54, 1.807) is 13.0 Å². The maximum atomic E-state index is 14.1. The number of fused-ring (bicyclic) bond motifs is 1. The number of halogens is 1. The Balaban J connectivity index is 1.60. The predicted molar refractivity (Wildman–Crippen MR) is 97.0 cm³/mol. The van der Waals surface area contributed by atoms with E-state index in [4.69, 9.17) is 9.47 Å². The number of hydrogen-bond acceptors (Lipinski definition) is 5. The molecule has 3 N–H and O–H groups in total. The van der Waals surface area contributed by atoms with E-state index in [1.807, 2.05) is 0 Å². The lowest BCUT2D eigenvalue weighted by Gasteiger charge is -2.20. The number of amides is 1. The van der Waals surface area contributed by atoms with Crippen molar-refractivity contribution >= 4 is 22.6 Å². The molecule has 2 aromatic heterocycles. The topological polar surface area (TPSA) is 105 Å². The fourth-order valence-corrected chi connectivity index (χ4v) is 3.15. The van der Waals surface area contributed by atoms with Crippen LogP contribution in [0.1, 0.15) is 19.8 Å². The van der Waals surface area contributed by atoms with E-state index in [0.29, 0.717) is 60.9 Å². The molecular weight excluding hydrogens is 353 g/mol. The predicted octanol–water partition coefficient (Wildman–Crippen LogP) is 2.86. The van der Waals surface area contributed by atoms with Gasteiger partial charge in [0.25, 0.3) is 0 Å². The van der Waals surface area contributed by atoms with E-state index in [1.165, 1.54) is 12.3 Å². The van der Waals surface area contributed by atoms with Crippen LogP contribution in [-0.4, -0.2) is 45.9 Å². The smallest absolute Gasteiger partial charge is 0.227 e. The summed E-state index contributed by atoms with van der Waals surface area (Å²) in [6, 6.07) is 2.89. The average Bonchev–Trinajstić information content (AvgIpc) is 3.29. The highest BCUT2D eigenvalue weighted by molar-refractivity contribution is 5.96. The highest BCUT2D eigenvalue weighted by atomic mass is 19.1. The summed E-state index contributed by atoms with van der Waals surface area (Å²) in [6.07, 6.45) is 2.93. The van der Waals surface area contributed by atoms with E-state index < -0.39 is 5.82 Å². The molecule has 0 spiro atoms. The van der Waals surface area contributed by atoms with Gasteiger partial charge in [0.2, 0.25) is 5.91 Å². The Morgan fingerprint density at radius 2 is 2.22 bits per heavy atom. The molecule has 3 heterocycles. The number of hydrogen-bond donors (Lipinski definition) is 3. The SMILES string of the molecule is CCOc1cc2nc(-c3[nH]ncc3NC(=O)C3CCOCC3)[nH]c2cc1F. The lowest BCUT2D eigenvalue weighted by molar-refractivity contribution is -0.122. The molecule has 1 aromatic carbocycles. The largest absolute Gasteiger partial charge is 0.491 e. The Kier molecular flexibility index (Phi) is 4.76. The van der Waals surface area contributed by atoms with E-state index in [9.17, 15) is 9.18 Å². The van der Waals surface area contributed by atoms with Gasteiger partial charge in [-0.1, -0.05) is 0 Å². The minimum Gasteiger partial charge on any atom is -0.491 e. The normalized spacial score (nSPS) is 15.2. The molecule has 0 bridgehead atoms. The molecule has 8 nitrogen and oxygen atoms in total. The van der Waals surface area contributed by atoms with Crippen molar-refractivity contribution in [3.63, 3.8) is 0 Å². The van der Waals surface area contributed by atoms with Crippen molar-refractivity contribution in [3.05, 3.63) is 24.1 Å². The standard InChI is InChI=1S/C18H20FN5O3/c1-2-27-15-8-13-12(7-11(15)19)21-17(22-13)16-14(9-20-24-16)23-18(25)10-3-5-26-6-4-10/h7-10H,2-6H2,1H3,(H,20,24)(H,21,22)(H,23,25). The zero-order chi connectivity index (χ0) is 18.8. The minimum absolute atomic E-state index is 0.0678. The van der Waals surface area contributed by atoms with Crippen molar-refractivity contribution in [2.75, 3.05) is 25.1 Å². The molecule has 0 atom stereocenters. The Labute approximate surface area is 154 Å². The molecule has 0 unspecified atom stereocenters. The molecule has 1 amide bonds. The van der Waals surface area contributed by atoms with E-state index in [-0.39, 0.29) is 17.6 Å². The molecule has 1 saturated heterocycles. The molecule has 0 aliphatic carbocycles. The second-order valence-corrected chi connectivity index (χ2v) is 6.35. The van der Waals surface area contributed by atoms with Gasteiger partial charge in [0, 0.05) is 31.3 Å². The highest BCUT2D eigenvalue weighted by Crippen LogP contribution is 2.29. The molecule has 1 aliphatic rings. The van der Waals surface area contributed by atoms with Gasteiger partial charge in [0.05, 0.1) is 29.5 Å². The summed E-state index contributed by atoms with van der Waals surface area (Å²) in [4.78, 5) is 20.0. The van der Waals surface area contributed by atoms with Crippen molar-refractivity contribution in [1.82, 2.24) is 20.2 Å². The summed E-state index contributed by atoms with van der Waals surface area (Å²) in [7, 11) is 0. The van der Waals surface area contributed by atoms with Crippen molar-refractivity contribution in [1.29, 1.82) is 0 Å². The van der Waals surface area contributed by atoms with Crippen LogP contribution in [0, 0.1) is 11.7 Å². The fourth-order valence-electron chi connectivity index (χ4n) is 3.15. The van der Waals surface area contributed by atoms with E-state index in [2.05, 4.69) is 25.5 Å². The quantitative estimate of drug-likeness (QED) is 0.638. The third-order valence-corrected chi connectivity index (χ3v) is 4.56. The van der Waals surface area contributed by atoms with Crippen molar-refractivity contribution in [2.45, 2.75) is 19.8 Å². The Morgan fingerprint density at radius 1 is 1.41 bits per heavy atom. The first-order valence-electron chi connectivity index (χ1n) is 8.90. The zero-order valence-electron chi connectivity index (χ0n) is 14.8.